The van der Waals surface area contributed by atoms with Crippen LogP contribution in [0.2, 0.25) is 0 Å². The van der Waals surface area contributed by atoms with Crippen LogP contribution in [0.4, 0.5) is 0 Å². The largest absolute Gasteiger partial charge is 0.490 e. The van der Waals surface area contributed by atoms with E-state index in [0.29, 0.717) is 0 Å². The first-order valence-electron chi connectivity index (χ1n) is 4.97. The molecule has 0 aliphatic rings. The van der Waals surface area contributed by atoms with Gasteiger partial charge in [-0.25, -0.2) is 13.7 Å². The molecule has 0 bridgehead atoms. The van der Waals surface area contributed by atoms with E-state index in [1.165, 1.54) is 0 Å². The molecule has 5 atom stereocenters. The van der Waals surface area contributed by atoms with Gasteiger partial charge in [0.15, 0.2) is 12.4 Å². The van der Waals surface area contributed by atoms with Crippen molar-refractivity contribution in [2.75, 3.05) is 6.61 Å². The molecule has 0 spiro atoms. The van der Waals surface area contributed by atoms with E-state index in [1.54, 1.807) is 0 Å². The molecule has 0 aliphatic carbocycles. The maximum absolute atomic E-state index is 11.3. The standard InChI is InChI=1S/C5H13O14P3/c6-1-3(8)5(9)4(2-7)17-21(13,14)19-22(15,16)18-20(10,11)12/h2-6,8-9H,1H2,(H,13,14)(H,15,16)(H2,10,11,12)/t3-,4+,5-/m1/s1. The predicted octanol–water partition coefficient (Wildman–Crippen LogP) is -2.39. The molecule has 14 nitrogen and oxygen atoms in total. The van der Waals surface area contributed by atoms with Crippen molar-refractivity contribution in [3.8, 4) is 0 Å². The molecule has 22 heavy (non-hydrogen) atoms. The fourth-order valence-corrected chi connectivity index (χ4v) is 4.09. The average Bonchev–Trinajstić information content (AvgIpc) is 2.29. The SMILES string of the molecule is O=C[C@H](OP(=O)(O)OP(=O)(O)OP(=O)(O)O)[C@H](O)[C@H](O)CO. The Morgan fingerprint density at radius 3 is 1.82 bits per heavy atom. The summed E-state index contributed by atoms with van der Waals surface area (Å²) in [7, 11) is -17.0. The summed E-state index contributed by atoms with van der Waals surface area (Å²) in [5, 5.41) is 26.8. The second-order valence-corrected chi connectivity index (χ2v) is 7.91. The summed E-state index contributed by atoms with van der Waals surface area (Å²) >= 11 is 0. The first-order chi connectivity index (χ1) is 9.73. The van der Waals surface area contributed by atoms with Crippen LogP contribution in [0.15, 0.2) is 0 Å². The number of aliphatic hydroxyl groups excluding tert-OH is 3. The summed E-state index contributed by atoms with van der Waals surface area (Å²) in [5.41, 5.74) is 0. The van der Waals surface area contributed by atoms with Gasteiger partial charge in [0, 0.05) is 0 Å². The summed E-state index contributed by atoms with van der Waals surface area (Å²) in [4.78, 5) is 45.1. The highest BCUT2D eigenvalue weighted by atomic mass is 31.3. The Morgan fingerprint density at radius 1 is 0.955 bits per heavy atom. The molecular weight excluding hydrogens is 377 g/mol. The van der Waals surface area contributed by atoms with Crippen molar-refractivity contribution in [2.45, 2.75) is 18.3 Å². The third kappa shape index (κ3) is 8.56. The first kappa shape index (κ1) is 22.0. The molecule has 0 aliphatic heterocycles. The van der Waals surface area contributed by atoms with Crippen LogP contribution in [-0.2, 0) is 31.6 Å². The van der Waals surface area contributed by atoms with Gasteiger partial charge in [-0.15, -0.1) is 0 Å². The number of carbonyl (C=O) groups is 1. The van der Waals surface area contributed by atoms with E-state index in [4.69, 9.17) is 29.8 Å². The lowest BCUT2D eigenvalue weighted by Gasteiger charge is -2.23. The van der Waals surface area contributed by atoms with Gasteiger partial charge in [-0.05, 0) is 0 Å². The highest BCUT2D eigenvalue weighted by Gasteiger charge is 2.43. The number of aliphatic hydroxyl groups is 3. The maximum Gasteiger partial charge on any atom is 0.490 e. The maximum atomic E-state index is 11.3. The van der Waals surface area contributed by atoms with Gasteiger partial charge in [-0.3, -0.25) is 4.52 Å². The summed E-state index contributed by atoms with van der Waals surface area (Å²) < 4.78 is 43.3. The smallest absolute Gasteiger partial charge is 0.394 e. The summed E-state index contributed by atoms with van der Waals surface area (Å²) in [5.74, 6) is 0. The van der Waals surface area contributed by atoms with Gasteiger partial charge in [-0.1, -0.05) is 0 Å². The van der Waals surface area contributed by atoms with Crippen LogP contribution < -0.4 is 0 Å². The van der Waals surface area contributed by atoms with Crippen LogP contribution in [0.25, 0.3) is 0 Å². The van der Waals surface area contributed by atoms with Crippen LogP contribution >= 0.6 is 23.5 Å². The van der Waals surface area contributed by atoms with Crippen LogP contribution in [0.1, 0.15) is 0 Å². The highest BCUT2D eigenvalue weighted by Crippen LogP contribution is 2.66. The average molecular weight is 390 g/mol. The molecule has 0 aromatic rings. The van der Waals surface area contributed by atoms with E-state index in [1.807, 2.05) is 0 Å². The van der Waals surface area contributed by atoms with E-state index < -0.39 is 48.4 Å². The minimum Gasteiger partial charge on any atom is -0.394 e. The molecule has 0 aromatic heterocycles. The van der Waals surface area contributed by atoms with E-state index >= 15 is 0 Å². The molecule has 132 valence electrons. The molecular formula is C5H13O14P3. The normalized spacial score (nSPS) is 22.1. The number of rotatable bonds is 10. The summed E-state index contributed by atoms with van der Waals surface area (Å²) in [6.07, 6.45) is -6.77. The Labute approximate surface area is 122 Å². The molecule has 0 rings (SSSR count). The lowest BCUT2D eigenvalue weighted by molar-refractivity contribution is -0.126. The van der Waals surface area contributed by atoms with Gasteiger partial charge < -0.3 is 39.7 Å². The third-order valence-corrected chi connectivity index (χ3v) is 5.56. The molecule has 0 radical (unpaired) electrons. The zero-order chi connectivity index (χ0) is 17.8. The molecule has 0 amide bonds. The second-order valence-electron chi connectivity index (χ2n) is 3.54. The molecule has 0 saturated heterocycles. The minimum atomic E-state index is -5.77. The zero-order valence-electron chi connectivity index (χ0n) is 10.3. The number of carbonyl (C=O) groups excluding carboxylic acids is 1. The van der Waals surface area contributed by atoms with Crippen molar-refractivity contribution < 1.29 is 66.5 Å². The van der Waals surface area contributed by atoms with E-state index in [0.717, 1.165) is 0 Å². The van der Waals surface area contributed by atoms with Crippen LogP contribution in [0.5, 0.6) is 0 Å². The van der Waals surface area contributed by atoms with Crippen LogP contribution in [0.3, 0.4) is 0 Å². The summed E-state index contributed by atoms with van der Waals surface area (Å²) in [6.45, 7) is -1.06. The molecule has 2 unspecified atom stereocenters. The Hall–Kier alpha value is -0.0400. The molecule has 0 saturated carbocycles. The third-order valence-electron chi connectivity index (χ3n) is 1.72. The fraction of sp³-hybridized carbons (Fsp3) is 0.800. The van der Waals surface area contributed by atoms with Gasteiger partial charge in [0.05, 0.1) is 6.61 Å². The molecule has 7 N–H and O–H groups in total. The Morgan fingerprint density at radius 2 is 1.45 bits per heavy atom. The molecule has 0 fully saturated rings. The number of phosphoric acid groups is 3. The van der Waals surface area contributed by atoms with Gasteiger partial charge in [-0.2, -0.15) is 8.62 Å². The monoisotopic (exact) mass is 390 g/mol. The predicted molar refractivity (Wildman–Crippen MR) is 63.9 cm³/mol. The fourth-order valence-electron chi connectivity index (χ4n) is 0.947. The van der Waals surface area contributed by atoms with Gasteiger partial charge >= 0.3 is 23.5 Å². The Balaban J connectivity index is 5.01. The summed E-state index contributed by atoms with van der Waals surface area (Å²) in [6, 6.07) is 0. The lowest BCUT2D eigenvalue weighted by atomic mass is 10.1. The quantitative estimate of drug-likeness (QED) is 0.152. The van der Waals surface area contributed by atoms with Crippen molar-refractivity contribution in [1.82, 2.24) is 0 Å². The lowest BCUT2D eigenvalue weighted by Crippen LogP contribution is -2.41. The first-order valence-corrected chi connectivity index (χ1v) is 9.49. The van der Waals surface area contributed by atoms with Crippen LogP contribution in [-0.4, -0.2) is 66.1 Å². The van der Waals surface area contributed by atoms with Crippen molar-refractivity contribution in [3.05, 3.63) is 0 Å². The van der Waals surface area contributed by atoms with Crippen molar-refractivity contribution in [1.29, 1.82) is 0 Å². The van der Waals surface area contributed by atoms with Gasteiger partial charge in [0.2, 0.25) is 0 Å². The van der Waals surface area contributed by atoms with E-state index in [2.05, 4.69) is 13.1 Å². The topological polar surface area (TPSA) is 238 Å². The second kappa shape index (κ2) is 8.18. The highest BCUT2D eigenvalue weighted by molar-refractivity contribution is 7.66. The number of hydrogen-bond donors (Lipinski definition) is 7. The number of phosphoric ester groups is 1. The van der Waals surface area contributed by atoms with Crippen molar-refractivity contribution >= 4 is 29.8 Å². The van der Waals surface area contributed by atoms with E-state index in [-0.39, 0.29) is 6.29 Å². The van der Waals surface area contributed by atoms with E-state index in [9.17, 15) is 23.6 Å². The molecule has 17 heteroatoms. The minimum absolute atomic E-state index is 0.304. The van der Waals surface area contributed by atoms with Gasteiger partial charge in [0.25, 0.3) is 0 Å². The van der Waals surface area contributed by atoms with Crippen molar-refractivity contribution in [2.24, 2.45) is 0 Å². The molecule has 0 heterocycles. The number of hydrogen-bond acceptors (Lipinski definition) is 10. The Bertz CT molecular complexity index is 511. The Kier molecular flexibility index (Phi) is 8.16. The zero-order valence-corrected chi connectivity index (χ0v) is 13.0. The number of aldehydes is 1. The molecule has 0 aromatic carbocycles. The van der Waals surface area contributed by atoms with Gasteiger partial charge in [0.1, 0.15) is 12.2 Å². The van der Waals surface area contributed by atoms with Crippen LogP contribution in [0, 0.1) is 0 Å². The van der Waals surface area contributed by atoms with Crippen molar-refractivity contribution in [3.63, 3.8) is 0 Å².